The lowest BCUT2D eigenvalue weighted by Crippen LogP contribution is -2.49. The van der Waals surface area contributed by atoms with E-state index in [-0.39, 0.29) is 42.2 Å². The molecule has 58 heavy (non-hydrogen) atoms. The van der Waals surface area contributed by atoms with Gasteiger partial charge in [-0.3, -0.25) is 24.5 Å². The number of nitrogens with one attached hydrogen (secondary N) is 2. The van der Waals surface area contributed by atoms with Gasteiger partial charge in [-0.15, -0.1) is 0 Å². The number of halogens is 3. The molecule has 2 N–H and O–H groups in total. The fourth-order valence-electron chi connectivity index (χ4n) is 8.85. The van der Waals surface area contributed by atoms with Crippen LogP contribution in [0.15, 0.2) is 60.9 Å². The summed E-state index contributed by atoms with van der Waals surface area (Å²) in [5, 5.41) is 20.2. The van der Waals surface area contributed by atoms with E-state index in [1.165, 1.54) is 6.07 Å². The number of anilines is 2. The van der Waals surface area contributed by atoms with E-state index < -0.39 is 23.3 Å². The lowest BCUT2D eigenvalue weighted by Gasteiger charge is -2.38. The number of amides is 4. The highest BCUT2D eigenvalue weighted by Gasteiger charge is 2.35. The molecular weight excluding hydrogens is 752 g/mol. The standard InChI is InChI=1S/C42H46F3N9O4/c43-42(44,45)35-22-33(8-4-28(35)23-46)58-32-9-6-30(7-10-32)49-40(56)29-5-11-38(47-24-29)52-19-12-27(13-20-52)26-51-17-14-31(15-18-51)54-37-3-1-2-36(34(37)25-48-54)53-21-16-39(55)50-41(53)57/h1-5,8,11,22,24-25,27,30-32H,6-7,9-10,12-21,26H2,(H,49,56)(H,50,55,57)/t30-,32-. The molecule has 304 valence electrons. The van der Waals surface area contributed by atoms with E-state index in [9.17, 15) is 27.6 Å². The zero-order valence-corrected chi connectivity index (χ0v) is 32.1. The summed E-state index contributed by atoms with van der Waals surface area (Å²) >= 11 is 0. The predicted molar refractivity (Wildman–Crippen MR) is 209 cm³/mol. The number of hydrogen-bond acceptors (Lipinski definition) is 9. The van der Waals surface area contributed by atoms with Gasteiger partial charge in [-0.1, -0.05) is 6.07 Å². The van der Waals surface area contributed by atoms with Crippen molar-refractivity contribution in [2.24, 2.45) is 5.92 Å². The third kappa shape index (κ3) is 8.59. The van der Waals surface area contributed by atoms with Gasteiger partial charge in [0.15, 0.2) is 0 Å². The molecule has 0 bridgehead atoms. The molecule has 4 amide bonds. The van der Waals surface area contributed by atoms with Gasteiger partial charge in [0, 0.05) is 63.3 Å². The Labute approximate surface area is 334 Å². The fraction of sp³-hybridized carbons (Fsp3) is 0.476. The van der Waals surface area contributed by atoms with E-state index in [0.717, 1.165) is 92.9 Å². The van der Waals surface area contributed by atoms with Crippen LogP contribution in [0.1, 0.15) is 85.3 Å². The molecule has 4 aromatic rings. The molecule has 13 nitrogen and oxygen atoms in total. The summed E-state index contributed by atoms with van der Waals surface area (Å²) in [5.41, 5.74) is 0.805. The van der Waals surface area contributed by atoms with Crippen molar-refractivity contribution in [3.63, 3.8) is 0 Å². The van der Waals surface area contributed by atoms with Crippen molar-refractivity contribution in [3.8, 4) is 11.8 Å². The first-order chi connectivity index (χ1) is 28.0. The number of pyridine rings is 1. The molecular formula is C42H46F3N9O4. The number of imide groups is 1. The molecule has 0 spiro atoms. The minimum atomic E-state index is -4.65. The summed E-state index contributed by atoms with van der Waals surface area (Å²) in [6.45, 7) is 5.19. The van der Waals surface area contributed by atoms with E-state index in [1.54, 1.807) is 17.2 Å². The maximum absolute atomic E-state index is 13.4. The summed E-state index contributed by atoms with van der Waals surface area (Å²) in [7, 11) is 0. The van der Waals surface area contributed by atoms with Crippen LogP contribution in [0.4, 0.5) is 29.5 Å². The molecule has 2 aromatic carbocycles. The van der Waals surface area contributed by atoms with Crippen LogP contribution >= 0.6 is 0 Å². The number of urea groups is 1. The molecule has 0 unspecified atom stereocenters. The average molecular weight is 798 g/mol. The molecule has 0 radical (unpaired) electrons. The Morgan fingerprint density at radius 1 is 0.931 bits per heavy atom. The van der Waals surface area contributed by atoms with E-state index in [4.69, 9.17) is 15.1 Å². The number of piperidine rings is 2. The van der Waals surface area contributed by atoms with Gasteiger partial charge < -0.3 is 19.9 Å². The number of benzene rings is 2. The van der Waals surface area contributed by atoms with Crippen LogP contribution in [0.5, 0.6) is 5.75 Å². The maximum atomic E-state index is 13.4. The van der Waals surface area contributed by atoms with E-state index in [2.05, 4.69) is 30.1 Å². The van der Waals surface area contributed by atoms with Crippen molar-refractivity contribution in [2.45, 2.75) is 82.2 Å². The Balaban J connectivity index is 0.759. The van der Waals surface area contributed by atoms with Crippen LogP contribution in [-0.4, -0.2) is 88.9 Å². The van der Waals surface area contributed by atoms with Gasteiger partial charge in [0.2, 0.25) is 5.91 Å². The molecule has 4 aliphatic rings. The quantitative estimate of drug-likeness (QED) is 0.195. The highest BCUT2D eigenvalue weighted by molar-refractivity contribution is 6.09. The van der Waals surface area contributed by atoms with Crippen molar-refractivity contribution in [3.05, 3.63) is 77.6 Å². The Hall–Kier alpha value is -5.69. The molecule has 3 aliphatic heterocycles. The van der Waals surface area contributed by atoms with Crippen molar-refractivity contribution in [1.82, 2.24) is 30.3 Å². The van der Waals surface area contributed by atoms with Gasteiger partial charge in [-0.25, -0.2) is 9.78 Å². The number of aromatic nitrogens is 3. The number of rotatable bonds is 9. The largest absolute Gasteiger partial charge is 0.490 e. The molecule has 16 heteroatoms. The number of likely N-dealkylation sites (tertiary alicyclic amines) is 1. The number of nitrogens with zero attached hydrogens (tertiary/aromatic N) is 7. The molecule has 2 aromatic heterocycles. The lowest BCUT2D eigenvalue weighted by molar-refractivity contribution is -0.138. The van der Waals surface area contributed by atoms with Gasteiger partial charge in [0.1, 0.15) is 11.6 Å². The van der Waals surface area contributed by atoms with Gasteiger partial charge in [-0.05, 0) is 99.7 Å². The normalized spacial score (nSPS) is 21.5. The van der Waals surface area contributed by atoms with Crippen LogP contribution in [-0.2, 0) is 11.0 Å². The number of carbonyl (C=O) groups excluding carboxylic acids is 3. The predicted octanol–water partition coefficient (Wildman–Crippen LogP) is 6.44. The molecule has 4 fully saturated rings. The maximum Gasteiger partial charge on any atom is 0.417 e. The first-order valence-electron chi connectivity index (χ1n) is 20.1. The van der Waals surface area contributed by atoms with E-state index in [0.29, 0.717) is 43.7 Å². The Morgan fingerprint density at radius 3 is 2.40 bits per heavy atom. The third-order valence-electron chi connectivity index (χ3n) is 12.1. The lowest BCUT2D eigenvalue weighted by atomic mass is 9.92. The molecule has 5 heterocycles. The second kappa shape index (κ2) is 16.7. The second-order valence-corrected chi connectivity index (χ2v) is 15.8. The summed E-state index contributed by atoms with van der Waals surface area (Å²) in [5.74, 6) is 1.07. The average Bonchev–Trinajstić information content (AvgIpc) is 3.67. The Kier molecular flexibility index (Phi) is 11.2. The Morgan fingerprint density at radius 2 is 1.71 bits per heavy atom. The van der Waals surface area contributed by atoms with E-state index >= 15 is 0 Å². The number of fused-ring (bicyclic) bond motifs is 1. The van der Waals surface area contributed by atoms with Crippen LogP contribution in [0, 0.1) is 17.2 Å². The van der Waals surface area contributed by atoms with Crippen molar-refractivity contribution in [1.29, 1.82) is 5.26 Å². The number of nitriles is 1. The van der Waals surface area contributed by atoms with Crippen molar-refractivity contribution in [2.75, 3.05) is 49.1 Å². The van der Waals surface area contributed by atoms with Gasteiger partial charge in [0.05, 0.1) is 52.3 Å². The van der Waals surface area contributed by atoms with E-state index in [1.807, 2.05) is 36.5 Å². The first kappa shape index (κ1) is 39.2. The summed E-state index contributed by atoms with van der Waals surface area (Å²) < 4.78 is 48.0. The zero-order valence-electron chi connectivity index (χ0n) is 32.1. The SMILES string of the molecule is N#Cc1ccc(O[C@H]2CC[C@H](NC(=O)c3ccc(N4CCC(CN5CCC(n6ncc7c(N8CCC(=O)NC8=O)cccc76)CC5)CC4)nc3)CC2)cc1C(F)(F)F. The smallest absolute Gasteiger partial charge is 0.417 e. The van der Waals surface area contributed by atoms with Crippen molar-refractivity contribution < 1.29 is 32.3 Å². The summed E-state index contributed by atoms with van der Waals surface area (Å²) in [6, 6.07) is 14.4. The van der Waals surface area contributed by atoms with Crippen molar-refractivity contribution >= 4 is 40.3 Å². The number of carbonyl (C=O) groups is 3. The summed E-state index contributed by atoms with van der Waals surface area (Å²) in [4.78, 5) is 48.4. The van der Waals surface area contributed by atoms with Gasteiger partial charge in [-0.2, -0.15) is 23.5 Å². The van der Waals surface area contributed by atoms with Crippen LogP contribution < -0.4 is 25.2 Å². The van der Waals surface area contributed by atoms with Crippen LogP contribution in [0.3, 0.4) is 0 Å². The second-order valence-electron chi connectivity index (χ2n) is 15.8. The fourth-order valence-corrected chi connectivity index (χ4v) is 8.85. The van der Waals surface area contributed by atoms with Crippen LogP contribution in [0.2, 0.25) is 0 Å². The Bertz CT molecular complexity index is 2180. The number of ether oxygens (including phenoxy) is 1. The highest BCUT2D eigenvalue weighted by atomic mass is 19.4. The highest BCUT2D eigenvalue weighted by Crippen LogP contribution is 2.36. The minimum absolute atomic E-state index is 0.0765. The van der Waals surface area contributed by atoms with Crippen LogP contribution in [0.25, 0.3) is 10.9 Å². The number of hydrogen-bond donors (Lipinski definition) is 2. The topological polar surface area (TPSA) is 149 Å². The molecule has 0 atom stereocenters. The number of alkyl halides is 3. The zero-order chi connectivity index (χ0) is 40.4. The van der Waals surface area contributed by atoms with Gasteiger partial charge in [0.25, 0.3) is 5.91 Å². The summed E-state index contributed by atoms with van der Waals surface area (Å²) in [6.07, 6.45) is 5.34. The van der Waals surface area contributed by atoms with Gasteiger partial charge >= 0.3 is 12.2 Å². The molecule has 3 saturated heterocycles. The monoisotopic (exact) mass is 797 g/mol. The first-order valence-corrected chi connectivity index (χ1v) is 20.1. The molecule has 1 saturated carbocycles. The molecule has 8 rings (SSSR count). The molecule has 1 aliphatic carbocycles. The third-order valence-corrected chi connectivity index (χ3v) is 12.1. The minimum Gasteiger partial charge on any atom is -0.490 e.